The van der Waals surface area contributed by atoms with E-state index in [1.54, 1.807) is 23.9 Å². The molecule has 1 aliphatic rings. The molecule has 0 aromatic heterocycles. The number of rotatable bonds is 4. The van der Waals surface area contributed by atoms with Gasteiger partial charge in [-0.2, -0.15) is 0 Å². The van der Waals surface area contributed by atoms with Gasteiger partial charge in [0.2, 0.25) is 5.91 Å². The third-order valence-corrected chi connectivity index (χ3v) is 5.55. The van der Waals surface area contributed by atoms with Gasteiger partial charge in [-0.15, -0.1) is 11.8 Å². The lowest BCUT2D eigenvalue weighted by molar-refractivity contribution is -0.119. The lowest BCUT2D eigenvalue weighted by atomic mass is 10.1. The number of hydrogen-bond donors (Lipinski definition) is 1. The van der Waals surface area contributed by atoms with Crippen LogP contribution in [0.2, 0.25) is 10.0 Å². The number of hydrogen-bond acceptors (Lipinski definition) is 4. The molecule has 1 aliphatic heterocycles. The molecule has 1 N–H and O–H groups in total. The Morgan fingerprint density at radius 3 is 2.00 bits per heavy atom. The third-order valence-electron chi connectivity index (χ3n) is 4.08. The van der Waals surface area contributed by atoms with Crippen LogP contribution in [0.5, 0.6) is 0 Å². The van der Waals surface area contributed by atoms with Crippen LogP contribution < -0.4 is 5.32 Å². The van der Waals surface area contributed by atoms with Gasteiger partial charge in [-0.25, -0.2) is 0 Å². The van der Waals surface area contributed by atoms with Crippen LogP contribution in [0.4, 0.5) is 5.69 Å². The first-order chi connectivity index (χ1) is 12.3. The molecule has 0 aliphatic carbocycles. The van der Waals surface area contributed by atoms with Crippen molar-refractivity contribution in [3.05, 3.63) is 57.6 Å². The Hall–Kier alpha value is -2.02. The number of carbonyl (C=O) groups excluding carboxylic acids is 3. The molecule has 1 heterocycles. The molecular formula is C18H14Cl2N2O3S. The molecule has 0 fully saturated rings. The van der Waals surface area contributed by atoms with E-state index in [1.165, 1.54) is 19.1 Å². The fourth-order valence-corrected chi connectivity index (χ4v) is 3.38. The molecule has 2 aromatic carbocycles. The lowest BCUT2D eigenvalue weighted by Gasteiger charge is -2.21. The first kappa shape index (κ1) is 18.8. The fraction of sp³-hybridized carbons (Fsp3) is 0.167. The number of halogens is 2. The summed E-state index contributed by atoms with van der Waals surface area (Å²) in [5.74, 6) is -1.60. The molecule has 3 rings (SSSR count). The van der Waals surface area contributed by atoms with Crippen molar-refractivity contribution >= 4 is 58.4 Å². The predicted molar refractivity (Wildman–Crippen MR) is 103 cm³/mol. The third kappa shape index (κ3) is 3.32. The summed E-state index contributed by atoms with van der Waals surface area (Å²) in [4.78, 5) is 39.6. The summed E-state index contributed by atoms with van der Waals surface area (Å²) in [5.41, 5.74) is 0.879. The minimum absolute atomic E-state index is 0.147. The van der Waals surface area contributed by atoms with Crippen LogP contribution in [0.15, 0.2) is 41.3 Å². The van der Waals surface area contributed by atoms with Crippen LogP contribution in [0.1, 0.15) is 27.6 Å². The average molecular weight is 409 g/mol. The smallest absolute Gasteiger partial charge is 0.262 e. The Kier molecular flexibility index (Phi) is 5.27. The first-order valence-electron chi connectivity index (χ1n) is 7.65. The topological polar surface area (TPSA) is 66.5 Å². The van der Waals surface area contributed by atoms with Crippen molar-refractivity contribution in [3.63, 3.8) is 0 Å². The zero-order chi connectivity index (χ0) is 19.0. The molecule has 0 bridgehead atoms. The van der Waals surface area contributed by atoms with Gasteiger partial charge in [-0.3, -0.25) is 19.3 Å². The number of imide groups is 1. The van der Waals surface area contributed by atoms with Crippen molar-refractivity contribution in [1.82, 2.24) is 4.90 Å². The van der Waals surface area contributed by atoms with E-state index in [-0.39, 0.29) is 21.2 Å². The molecule has 134 valence electrons. The SMILES string of the molecule is CSc1ccc(NC(=O)[C@H](C)N2C(=O)c3cc(Cl)c(Cl)cc3C2=O)cc1. The minimum atomic E-state index is -0.986. The van der Waals surface area contributed by atoms with Gasteiger partial charge in [-0.05, 0) is 49.6 Å². The maximum Gasteiger partial charge on any atom is 0.262 e. The normalized spacial score (nSPS) is 14.4. The highest BCUT2D eigenvalue weighted by molar-refractivity contribution is 7.98. The van der Waals surface area contributed by atoms with Crippen molar-refractivity contribution in [2.45, 2.75) is 17.9 Å². The van der Waals surface area contributed by atoms with Gasteiger partial charge in [0.15, 0.2) is 0 Å². The maximum absolute atomic E-state index is 12.6. The molecule has 8 heteroatoms. The number of anilines is 1. The van der Waals surface area contributed by atoms with Gasteiger partial charge in [0.1, 0.15) is 6.04 Å². The lowest BCUT2D eigenvalue weighted by Crippen LogP contribution is -2.45. The molecule has 3 amide bonds. The zero-order valence-corrected chi connectivity index (χ0v) is 16.2. The Bertz CT molecular complexity index is 874. The summed E-state index contributed by atoms with van der Waals surface area (Å²) in [6.07, 6.45) is 1.95. The van der Waals surface area contributed by atoms with E-state index in [0.29, 0.717) is 5.69 Å². The van der Waals surface area contributed by atoms with Crippen molar-refractivity contribution in [2.75, 3.05) is 11.6 Å². The summed E-state index contributed by atoms with van der Waals surface area (Å²) in [7, 11) is 0. The molecule has 1 atom stereocenters. The van der Waals surface area contributed by atoms with Gasteiger partial charge < -0.3 is 5.32 Å². The molecule has 0 radical (unpaired) electrons. The van der Waals surface area contributed by atoms with E-state index >= 15 is 0 Å². The number of benzene rings is 2. The maximum atomic E-state index is 12.6. The second-order valence-corrected chi connectivity index (χ2v) is 7.38. The Balaban J connectivity index is 1.81. The summed E-state index contributed by atoms with van der Waals surface area (Å²) < 4.78 is 0. The number of fused-ring (bicyclic) bond motifs is 1. The van der Waals surface area contributed by atoms with Crippen LogP contribution in [0, 0.1) is 0 Å². The molecule has 0 saturated heterocycles. The van der Waals surface area contributed by atoms with Crippen LogP contribution in [0.3, 0.4) is 0 Å². The monoisotopic (exact) mass is 408 g/mol. The summed E-state index contributed by atoms with van der Waals surface area (Å²) >= 11 is 13.5. The molecule has 26 heavy (non-hydrogen) atoms. The predicted octanol–water partition coefficient (Wildman–Crippen LogP) is 4.34. The first-order valence-corrected chi connectivity index (χ1v) is 9.63. The second kappa shape index (κ2) is 7.31. The van der Waals surface area contributed by atoms with E-state index in [9.17, 15) is 14.4 Å². The highest BCUT2D eigenvalue weighted by Crippen LogP contribution is 2.32. The van der Waals surface area contributed by atoms with Crippen LogP contribution in [-0.2, 0) is 4.79 Å². The van der Waals surface area contributed by atoms with Gasteiger partial charge >= 0.3 is 0 Å². The molecule has 2 aromatic rings. The molecule has 5 nitrogen and oxygen atoms in total. The van der Waals surface area contributed by atoms with Gasteiger partial charge in [-0.1, -0.05) is 23.2 Å². The molecule has 0 spiro atoms. The van der Waals surface area contributed by atoms with Crippen LogP contribution >= 0.6 is 35.0 Å². The fourth-order valence-electron chi connectivity index (χ4n) is 2.64. The number of nitrogens with zero attached hydrogens (tertiary/aromatic N) is 1. The average Bonchev–Trinajstić information content (AvgIpc) is 2.86. The van der Waals surface area contributed by atoms with E-state index in [0.717, 1.165) is 9.80 Å². The van der Waals surface area contributed by atoms with Crippen molar-refractivity contribution in [1.29, 1.82) is 0 Å². The van der Waals surface area contributed by atoms with Crippen molar-refractivity contribution in [3.8, 4) is 0 Å². The Morgan fingerprint density at radius 2 is 1.54 bits per heavy atom. The zero-order valence-electron chi connectivity index (χ0n) is 13.9. The standard InChI is InChI=1S/C18H14Cl2N2O3S/c1-9(16(23)21-10-3-5-11(26-2)6-4-10)22-17(24)12-7-14(19)15(20)8-13(12)18(22)25/h3-9H,1-2H3,(H,21,23)/t9-/m0/s1. The summed E-state index contributed by atoms with van der Waals surface area (Å²) in [6, 6.07) is 8.99. The number of amides is 3. The van der Waals surface area contributed by atoms with E-state index in [2.05, 4.69) is 5.32 Å². The van der Waals surface area contributed by atoms with Crippen LogP contribution in [-0.4, -0.2) is 34.9 Å². The van der Waals surface area contributed by atoms with Crippen molar-refractivity contribution in [2.24, 2.45) is 0 Å². The number of nitrogens with one attached hydrogen (secondary N) is 1. The largest absolute Gasteiger partial charge is 0.324 e. The quantitative estimate of drug-likeness (QED) is 0.603. The Labute approximate surface area is 164 Å². The van der Waals surface area contributed by atoms with Gasteiger partial charge in [0, 0.05) is 10.6 Å². The van der Waals surface area contributed by atoms with Crippen molar-refractivity contribution < 1.29 is 14.4 Å². The van der Waals surface area contributed by atoms with Gasteiger partial charge in [0.25, 0.3) is 11.8 Å². The second-order valence-electron chi connectivity index (χ2n) is 5.69. The Morgan fingerprint density at radius 1 is 1.04 bits per heavy atom. The van der Waals surface area contributed by atoms with Crippen LogP contribution in [0.25, 0.3) is 0 Å². The molecule has 0 saturated carbocycles. The molecule has 0 unspecified atom stereocenters. The highest BCUT2D eigenvalue weighted by Gasteiger charge is 2.41. The highest BCUT2D eigenvalue weighted by atomic mass is 35.5. The number of carbonyl (C=O) groups is 3. The summed E-state index contributed by atoms with van der Waals surface area (Å²) in [5, 5.41) is 3.07. The number of thioether (sulfide) groups is 1. The molecular weight excluding hydrogens is 395 g/mol. The van der Waals surface area contributed by atoms with E-state index in [1.807, 2.05) is 18.4 Å². The van der Waals surface area contributed by atoms with E-state index < -0.39 is 23.8 Å². The van der Waals surface area contributed by atoms with E-state index in [4.69, 9.17) is 23.2 Å². The minimum Gasteiger partial charge on any atom is -0.324 e. The summed E-state index contributed by atoms with van der Waals surface area (Å²) in [6.45, 7) is 1.50. The van der Waals surface area contributed by atoms with Gasteiger partial charge in [0.05, 0.1) is 21.2 Å².